The van der Waals surface area contributed by atoms with Crippen LogP contribution in [0, 0.1) is 17.5 Å². The SMILES string of the molecule is O=C(Cc1cc(F)c(F)cc1F)Nc1cnccc1CO. The van der Waals surface area contributed by atoms with Crippen LogP contribution in [0.3, 0.4) is 0 Å². The molecule has 0 bridgehead atoms. The van der Waals surface area contributed by atoms with Crippen LogP contribution < -0.4 is 5.32 Å². The zero-order valence-corrected chi connectivity index (χ0v) is 10.7. The van der Waals surface area contributed by atoms with Crippen molar-refractivity contribution >= 4 is 11.6 Å². The summed E-state index contributed by atoms with van der Waals surface area (Å²) in [5, 5.41) is 11.5. The van der Waals surface area contributed by atoms with Gasteiger partial charge in [0.25, 0.3) is 0 Å². The van der Waals surface area contributed by atoms with Crippen molar-refractivity contribution in [1.29, 1.82) is 0 Å². The Bertz CT molecular complexity index is 677. The average Bonchev–Trinajstić information content (AvgIpc) is 2.45. The summed E-state index contributed by atoms with van der Waals surface area (Å²) in [6.07, 6.45) is 2.30. The van der Waals surface area contributed by atoms with E-state index in [0.29, 0.717) is 17.7 Å². The van der Waals surface area contributed by atoms with E-state index in [1.807, 2.05) is 0 Å². The molecule has 2 aromatic rings. The maximum atomic E-state index is 13.4. The Balaban J connectivity index is 2.14. The van der Waals surface area contributed by atoms with Crippen LogP contribution in [0.25, 0.3) is 0 Å². The van der Waals surface area contributed by atoms with E-state index in [-0.39, 0.29) is 17.9 Å². The van der Waals surface area contributed by atoms with Crippen LogP contribution in [0.4, 0.5) is 18.9 Å². The normalized spacial score (nSPS) is 10.5. The molecule has 1 heterocycles. The van der Waals surface area contributed by atoms with Crippen molar-refractivity contribution in [3.8, 4) is 0 Å². The average molecular weight is 296 g/mol. The smallest absolute Gasteiger partial charge is 0.228 e. The minimum absolute atomic E-state index is 0.263. The van der Waals surface area contributed by atoms with E-state index >= 15 is 0 Å². The van der Waals surface area contributed by atoms with Crippen LogP contribution in [0.2, 0.25) is 0 Å². The van der Waals surface area contributed by atoms with Gasteiger partial charge in [-0.1, -0.05) is 0 Å². The minimum atomic E-state index is -1.31. The lowest BCUT2D eigenvalue weighted by molar-refractivity contribution is -0.115. The van der Waals surface area contributed by atoms with Gasteiger partial charge in [0, 0.05) is 23.4 Å². The Hall–Kier alpha value is -2.41. The second-order valence-corrected chi connectivity index (χ2v) is 4.27. The first-order valence-electron chi connectivity index (χ1n) is 5.98. The van der Waals surface area contributed by atoms with E-state index in [1.54, 1.807) is 0 Å². The molecule has 1 aromatic carbocycles. The molecule has 2 N–H and O–H groups in total. The molecule has 0 aliphatic carbocycles. The monoisotopic (exact) mass is 296 g/mol. The highest BCUT2D eigenvalue weighted by Gasteiger charge is 2.14. The molecule has 1 amide bonds. The van der Waals surface area contributed by atoms with Gasteiger partial charge in [-0.2, -0.15) is 0 Å². The number of halogens is 3. The Morgan fingerprint density at radius 2 is 1.86 bits per heavy atom. The van der Waals surface area contributed by atoms with Crippen LogP contribution in [0.1, 0.15) is 11.1 Å². The van der Waals surface area contributed by atoms with Gasteiger partial charge in [0.2, 0.25) is 5.91 Å². The number of rotatable bonds is 4. The lowest BCUT2D eigenvalue weighted by atomic mass is 10.1. The van der Waals surface area contributed by atoms with Gasteiger partial charge in [0.15, 0.2) is 11.6 Å². The summed E-state index contributed by atoms with van der Waals surface area (Å²) in [5.74, 6) is -4.18. The van der Waals surface area contributed by atoms with Crippen molar-refractivity contribution in [2.75, 3.05) is 5.32 Å². The van der Waals surface area contributed by atoms with Gasteiger partial charge in [0.05, 0.1) is 24.9 Å². The van der Waals surface area contributed by atoms with E-state index in [0.717, 1.165) is 0 Å². The number of nitrogens with one attached hydrogen (secondary N) is 1. The maximum Gasteiger partial charge on any atom is 0.228 e. The van der Waals surface area contributed by atoms with E-state index in [2.05, 4.69) is 10.3 Å². The number of amides is 1. The molecule has 0 saturated carbocycles. The van der Waals surface area contributed by atoms with Gasteiger partial charge < -0.3 is 10.4 Å². The highest BCUT2D eigenvalue weighted by atomic mass is 19.2. The molecule has 0 spiro atoms. The number of anilines is 1. The lowest BCUT2D eigenvalue weighted by Gasteiger charge is -2.09. The first-order valence-corrected chi connectivity index (χ1v) is 5.98. The molecule has 7 heteroatoms. The molecule has 0 aliphatic heterocycles. The van der Waals surface area contributed by atoms with E-state index in [4.69, 9.17) is 5.11 Å². The molecule has 0 fully saturated rings. The number of carbonyl (C=O) groups is 1. The fourth-order valence-corrected chi connectivity index (χ4v) is 1.74. The van der Waals surface area contributed by atoms with Crippen LogP contribution >= 0.6 is 0 Å². The highest BCUT2D eigenvalue weighted by Crippen LogP contribution is 2.16. The molecular weight excluding hydrogens is 285 g/mol. The number of benzene rings is 1. The summed E-state index contributed by atoms with van der Waals surface area (Å²) in [4.78, 5) is 15.6. The van der Waals surface area contributed by atoms with Gasteiger partial charge in [-0.15, -0.1) is 0 Å². The van der Waals surface area contributed by atoms with Crippen molar-refractivity contribution in [3.05, 3.63) is 59.2 Å². The third kappa shape index (κ3) is 3.57. The molecule has 0 atom stereocenters. The van der Waals surface area contributed by atoms with Crippen molar-refractivity contribution in [3.63, 3.8) is 0 Å². The standard InChI is InChI=1S/C14H11F3N2O2/c15-10-5-12(17)11(16)3-9(10)4-14(21)19-13-6-18-2-1-8(13)7-20/h1-3,5-6,20H,4,7H2,(H,19,21). The number of aliphatic hydroxyl groups excluding tert-OH is 1. The van der Waals surface area contributed by atoms with Gasteiger partial charge in [-0.3, -0.25) is 9.78 Å². The molecule has 21 heavy (non-hydrogen) atoms. The van der Waals surface area contributed by atoms with Crippen molar-refractivity contribution in [2.45, 2.75) is 13.0 Å². The quantitative estimate of drug-likeness (QED) is 0.850. The van der Waals surface area contributed by atoms with Crippen LogP contribution in [-0.2, 0) is 17.8 Å². The van der Waals surface area contributed by atoms with Gasteiger partial charge in [-0.25, -0.2) is 13.2 Å². The predicted molar refractivity (Wildman–Crippen MR) is 68.8 cm³/mol. The van der Waals surface area contributed by atoms with E-state index in [9.17, 15) is 18.0 Å². The second-order valence-electron chi connectivity index (χ2n) is 4.27. The van der Waals surface area contributed by atoms with Gasteiger partial charge in [-0.05, 0) is 12.1 Å². The Morgan fingerprint density at radius 3 is 2.57 bits per heavy atom. The van der Waals surface area contributed by atoms with Crippen LogP contribution in [0.15, 0.2) is 30.6 Å². The summed E-state index contributed by atoms with van der Waals surface area (Å²) in [6, 6.07) is 2.54. The molecule has 0 saturated heterocycles. The molecule has 0 aliphatic rings. The van der Waals surface area contributed by atoms with Crippen molar-refractivity contribution in [1.82, 2.24) is 4.98 Å². The molecule has 0 unspecified atom stereocenters. The summed E-state index contributed by atoms with van der Waals surface area (Å²) in [7, 11) is 0. The maximum absolute atomic E-state index is 13.4. The molecule has 1 aromatic heterocycles. The zero-order chi connectivity index (χ0) is 15.4. The summed E-state index contributed by atoms with van der Waals surface area (Å²) in [6.45, 7) is -0.308. The minimum Gasteiger partial charge on any atom is -0.392 e. The lowest BCUT2D eigenvalue weighted by Crippen LogP contribution is -2.17. The third-order valence-electron chi connectivity index (χ3n) is 2.80. The topological polar surface area (TPSA) is 62.2 Å². The number of hydrogen-bond acceptors (Lipinski definition) is 3. The van der Waals surface area contributed by atoms with Gasteiger partial charge in [0.1, 0.15) is 5.82 Å². The van der Waals surface area contributed by atoms with E-state index < -0.39 is 29.8 Å². The Morgan fingerprint density at radius 1 is 1.14 bits per heavy atom. The molecule has 0 radical (unpaired) electrons. The molecule has 4 nitrogen and oxygen atoms in total. The number of nitrogens with zero attached hydrogens (tertiary/aromatic N) is 1. The van der Waals surface area contributed by atoms with E-state index in [1.165, 1.54) is 18.5 Å². The molecule has 110 valence electrons. The Labute approximate surface area is 118 Å². The van der Waals surface area contributed by atoms with Crippen molar-refractivity contribution in [2.24, 2.45) is 0 Å². The van der Waals surface area contributed by atoms with Gasteiger partial charge >= 0.3 is 0 Å². The first-order chi connectivity index (χ1) is 10.0. The number of aliphatic hydroxyl groups is 1. The fraction of sp³-hybridized carbons (Fsp3) is 0.143. The fourth-order valence-electron chi connectivity index (χ4n) is 1.74. The summed E-state index contributed by atoms with van der Waals surface area (Å²) in [5.41, 5.74) is 0.443. The first kappa shape index (κ1) is 15.0. The number of hydrogen-bond donors (Lipinski definition) is 2. The van der Waals surface area contributed by atoms with Crippen molar-refractivity contribution < 1.29 is 23.1 Å². The summed E-state index contributed by atoms with van der Waals surface area (Å²) >= 11 is 0. The predicted octanol–water partition coefficient (Wildman–Crippen LogP) is 2.17. The third-order valence-corrected chi connectivity index (χ3v) is 2.80. The number of aromatic nitrogens is 1. The highest BCUT2D eigenvalue weighted by molar-refractivity contribution is 5.92. The molecular formula is C14H11F3N2O2. The largest absolute Gasteiger partial charge is 0.392 e. The van der Waals surface area contributed by atoms with Crippen LogP contribution in [0.5, 0.6) is 0 Å². The molecule has 2 rings (SSSR count). The Kier molecular flexibility index (Phi) is 4.54. The zero-order valence-electron chi connectivity index (χ0n) is 10.7. The second kappa shape index (κ2) is 6.36. The number of carbonyl (C=O) groups excluding carboxylic acids is 1. The van der Waals surface area contributed by atoms with Crippen LogP contribution in [-0.4, -0.2) is 16.0 Å². The summed E-state index contributed by atoms with van der Waals surface area (Å²) < 4.78 is 39.3. The number of pyridine rings is 1.